The summed E-state index contributed by atoms with van der Waals surface area (Å²) in [6.45, 7) is 5.08. The fraction of sp³-hybridized carbons (Fsp3) is 0.455. The second kappa shape index (κ2) is 4.39. The van der Waals surface area contributed by atoms with Gasteiger partial charge in [-0.3, -0.25) is 0 Å². The van der Waals surface area contributed by atoms with Crippen molar-refractivity contribution >= 4 is 13.7 Å². The van der Waals surface area contributed by atoms with E-state index in [4.69, 9.17) is 9.05 Å². The molecule has 0 spiro atoms. The number of benzene rings is 1. The SMILES string of the molecule is CC1COP(c2ccccc2)OC1C. The molecule has 3 atom stereocenters. The van der Waals surface area contributed by atoms with Crippen molar-refractivity contribution in [1.29, 1.82) is 0 Å². The van der Waals surface area contributed by atoms with Crippen LogP contribution < -0.4 is 5.30 Å². The van der Waals surface area contributed by atoms with Crippen LogP contribution in [0, 0.1) is 5.92 Å². The summed E-state index contributed by atoms with van der Waals surface area (Å²) in [6, 6.07) is 10.2. The van der Waals surface area contributed by atoms with Gasteiger partial charge in [0.15, 0.2) is 0 Å². The first-order valence-electron chi connectivity index (χ1n) is 4.92. The highest BCUT2D eigenvalue weighted by Gasteiger charge is 2.27. The summed E-state index contributed by atoms with van der Waals surface area (Å²) in [7, 11) is -0.833. The Morgan fingerprint density at radius 3 is 2.57 bits per heavy atom. The van der Waals surface area contributed by atoms with Gasteiger partial charge in [-0.1, -0.05) is 25.1 Å². The molecule has 0 aromatic heterocycles. The average molecular weight is 210 g/mol. The van der Waals surface area contributed by atoms with Crippen molar-refractivity contribution in [3.05, 3.63) is 30.3 Å². The molecule has 1 heterocycles. The van der Waals surface area contributed by atoms with Gasteiger partial charge in [0, 0.05) is 11.2 Å². The highest BCUT2D eigenvalue weighted by atomic mass is 31.2. The first kappa shape index (κ1) is 10.1. The van der Waals surface area contributed by atoms with Crippen LogP contribution in [0.4, 0.5) is 0 Å². The van der Waals surface area contributed by atoms with Gasteiger partial charge in [0.05, 0.1) is 12.7 Å². The fourth-order valence-corrected chi connectivity index (χ4v) is 2.92. The molecule has 3 unspecified atom stereocenters. The first-order chi connectivity index (χ1) is 6.77. The Labute approximate surface area is 86.2 Å². The molecule has 14 heavy (non-hydrogen) atoms. The van der Waals surface area contributed by atoms with Crippen molar-refractivity contribution in [2.75, 3.05) is 6.61 Å². The summed E-state index contributed by atoms with van der Waals surface area (Å²) in [5, 5.41) is 1.17. The number of hydrogen-bond acceptors (Lipinski definition) is 2. The van der Waals surface area contributed by atoms with Gasteiger partial charge in [0.1, 0.15) is 0 Å². The molecule has 1 aromatic carbocycles. The third kappa shape index (κ3) is 2.14. The van der Waals surface area contributed by atoms with Crippen LogP contribution in [-0.4, -0.2) is 12.7 Å². The third-order valence-electron chi connectivity index (χ3n) is 2.49. The quantitative estimate of drug-likeness (QED) is 0.663. The van der Waals surface area contributed by atoms with Crippen LogP contribution in [0.2, 0.25) is 0 Å². The Hall–Kier alpha value is -0.430. The molecule has 0 radical (unpaired) electrons. The molecule has 0 aliphatic carbocycles. The molecule has 1 fully saturated rings. The molecule has 76 valence electrons. The molecular weight excluding hydrogens is 195 g/mol. The molecule has 1 aromatic rings. The van der Waals surface area contributed by atoms with Gasteiger partial charge < -0.3 is 9.05 Å². The van der Waals surface area contributed by atoms with E-state index in [0.717, 1.165) is 6.61 Å². The van der Waals surface area contributed by atoms with Crippen LogP contribution in [0.1, 0.15) is 13.8 Å². The van der Waals surface area contributed by atoms with Crippen molar-refractivity contribution in [1.82, 2.24) is 0 Å². The zero-order chi connectivity index (χ0) is 9.97. The number of rotatable bonds is 1. The Kier molecular flexibility index (Phi) is 3.17. The standard InChI is InChI=1S/C11H15O2P/c1-9-8-12-14(13-10(9)2)11-6-4-3-5-7-11/h3-7,9-10H,8H2,1-2H3. The Bertz CT molecular complexity index is 289. The predicted octanol–water partition coefficient (Wildman–Crippen LogP) is 2.70. The second-order valence-corrected chi connectivity index (χ2v) is 5.18. The minimum atomic E-state index is -0.833. The van der Waals surface area contributed by atoms with E-state index in [1.807, 2.05) is 18.2 Å². The molecule has 0 bridgehead atoms. The average Bonchev–Trinajstić information content (AvgIpc) is 2.23. The first-order valence-corrected chi connectivity index (χ1v) is 6.10. The lowest BCUT2D eigenvalue weighted by molar-refractivity contribution is 0.0719. The van der Waals surface area contributed by atoms with Crippen molar-refractivity contribution in [2.24, 2.45) is 5.92 Å². The molecule has 1 saturated heterocycles. The van der Waals surface area contributed by atoms with Crippen LogP contribution in [0.5, 0.6) is 0 Å². The fourth-order valence-electron chi connectivity index (χ4n) is 1.29. The molecule has 3 heteroatoms. The largest absolute Gasteiger partial charge is 0.330 e. The van der Waals surface area contributed by atoms with Crippen LogP contribution in [-0.2, 0) is 9.05 Å². The maximum atomic E-state index is 5.83. The second-order valence-electron chi connectivity index (χ2n) is 3.68. The van der Waals surface area contributed by atoms with E-state index in [0.29, 0.717) is 12.0 Å². The molecule has 2 rings (SSSR count). The number of hydrogen-bond donors (Lipinski definition) is 0. The van der Waals surface area contributed by atoms with E-state index < -0.39 is 8.38 Å². The van der Waals surface area contributed by atoms with E-state index in [-0.39, 0.29) is 0 Å². The van der Waals surface area contributed by atoms with Gasteiger partial charge in [0.2, 0.25) is 8.38 Å². The molecule has 1 aliphatic heterocycles. The summed E-state index contributed by atoms with van der Waals surface area (Å²) in [4.78, 5) is 0. The maximum absolute atomic E-state index is 5.83. The highest BCUT2D eigenvalue weighted by Crippen LogP contribution is 2.44. The van der Waals surface area contributed by atoms with Crippen LogP contribution >= 0.6 is 8.38 Å². The zero-order valence-electron chi connectivity index (χ0n) is 8.51. The topological polar surface area (TPSA) is 18.5 Å². The summed E-state index contributed by atoms with van der Waals surface area (Å²) >= 11 is 0. The smallest absolute Gasteiger partial charge is 0.205 e. The van der Waals surface area contributed by atoms with E-state index in [1.54, 1.807) is 0 Å². The van der Waals surface area contributed by atoms with Gasteiger partial charge >= 0.3 is 0 Å². The predicted molar refractivity (Wildman–Crippen MR) is 58.7 cm³/mol. The van der Waals surface area contributed by atoms with Crippen molar-refractivity contribution in [3.8, 4) is 0 Å². The molecular formula is C11H15O2P. The van der Waals surface area contributed by atoms with E-state index in [1.165, 1.54) is 5.30 Å². The Morgan fingerprint density at radius 1 is 1.21 bits per heavy atom. The summed E-state index contributed by atoms with van der Waals surface area (Å²) < 4.78 is 11.5. The zero-order valence-corrected chi connectivity index (χ0v) is 9.41. The molecule has 1 aliphatic rings. The van der Waals surface area contributed by atoms with Crippen LogP contribution in [0.15, 0.2) is 30.3 Å². The van der Waals surface area contributed by atoms with Gasteiger partial charge in [-0.2, -0.15) is 0 Å². The van der Waals surface area contributed by atoms with E-state index in [9.17, 15) is 0 Å². The van der Waals surface area contributed by atoms with E-state index >= 15 is 0 Å². The molecule has 2 nitrogen and oxygen atoms in total. The van der Waals surface area contributed by atoms with Gasteiger partial charge in [-0.15, -0.1) is 0 Å². The van der Waals surface area contributed by atoms with E-state index in [2.05, 4.69) is 26.0 Å². The highest BCUT2D eigenvalue weighted by molar-refractivity contribution is 7.56. The lowest BCUT2D eigenvalue weighted by Gasteiger charge is -2.31. The minimum absolute atomic E-state index is 0.301. The molecule has 0 saturated carbocycles. The summed E-state index contributed by atoms with van der Waals surface area (Å²) in [5.41, 5.74) is 0. The minimum Gasteiger partial charge on any atom is -0.330 e. The normalized spacial score (nSPS) is 32.9. The molecule has 0 N–H and O–H groups in total. The Balaban J connectivity index is 2.07. The van der Waals surface area contributed by atoms with Crippen molar-refractivity contribution in [3.63, 3.8) is 0 Å². The lowest BCUT2D eigenvalue weighted by Crippen LogP contribution is -2.28. The van der Waals surface area contributed by atoms with Crippen molar-refractivity contribution in [2.45, 2.75) is 20.0 Å². The summed E-state index contributed by atoms with van der Waals surface area (Å²) in [5.74, 6) is 0.498. The van der Waals surface area contributed by atoms with Gasteiger partial charge in [-0.25, -0.2) is 0 Å². The van der Waals surface area contributed by atoms with Crippen LogP contribution in [0.25, 0.3) is 0 Å². The van der Waals surface area contributed by atoms with Gasteiger partial charge in [0.25, 0.3) is 0 Å². The van der Waals surface area contributed by atoms with Crippen LogP contribution in [0.3, 0.4) is 0 Å². The summed E-state index contributed by atoms with van der Waals surface area (Å²) in [6.07, 6.45) is 0.301. The lowest BCUT2D eigenvalue weighted by atomic mass is 10.1. The van der Waals surface area contributed by atoms with Gasteiger partial charge in [-0.05, 0) is 19.1 Å². The monoisotopic (exact) mass is 210 g/mol. The maximum Gasteiger partial charge on any atom is 0.205 e. The Morgan fingerprint density at radius 2 is 1.93 bits per heavy atom. The molecule has 0 amide bonds. The third-order valence-corrected chi connectivity index (χ3v) is 4.11. The van der Waals surface area contributed by atoms with Crippen molar-refractivity contribution < 1.29 is 9.05 Å².